The molecule has 1 aromatic heterocycles. The fourth-order valence-electron chi connectivity index (χ4n) is 3.62. The fourth-order valence-corrected chi connectivity index (χ4v) is 4.71. The van der Waals surface area contributed by atoms with E-state index in [1.165, 1.54) is 5.56 Å². The molecule has 1 aromatic carbocycles. The van der Waals surface area contributed by atoms with Gasteiger partial charge >= 0.3 is 0 Å². The smallest absolute Gasteiger partial charge is 0.161 e. The molecule has 4 rings (SSSR count). The normalized spacial score (nSPS) is 24.3. The van der Waals surface area contributed by atoms with Gasteiger partial charge in [0.2, 0.25) is 0 Å². The maximum atomic E-state index is 5.68. The zero-order chi connectivity index (χ0) is 18.1. The molecule has 3 heterocycles. The number of pyridine rings is 1. The van der Waals surface area contributed by atoms with E-state index in [1.54, 1.807) is 7.11 Å². The van der Waals surface area contributed by atoms with E-state index in [4.69, 9.17) is 14.5 Å². The van der Waals surface area contributed by atoms with Crippen LogP contribution in [0.3, 0.4) is 0 Å². The topological polar surface area (TPSA) is 47.0 Å². The Balaban J connectivity index is 1.75. The first-order valence-electron chi connectivity index (χ1n) is 8.94. The predicted octanol–water partition coefficient (Wildman–Crippen LogP) is 4.08. The van der Waals surface area contributed by atoms with Crippen LogP contribution in [0.15, 0.2) is 47.6 Å². The molecule has 2 aliphatic rings. The number of aliphatic imine (C=N–C) groups is 1. The summed E-state index contributed by atoms with van der Waals surface area (Å²) < 4.78 is 11.2. The highest BCUT2D eigenvalue weighted by molar-refractivity contribution is 8.14. The first-order valence-corrected chi connectivity index (χ1v) is 9.82. The van der Waals surface area contributed by atoms with Crippen molar-refractivity contribution in [3.63, 3.8) is 0 Å². The van der Waals surface area contributed by atoms with Crippen LogP contribution in [0, 0.1) is 0 Å². The van der Waals surface area contributed by atoms with Crippen molar-refractivity contribution in [1.29, 1.82) is 0 Å². The van der Waals surface area contributed by atoms with Gasteiger partial charge in [-0.1, -0.05) is 30.8 Å². The molecular weight excluding hydrogens is 346 g/mol. The molecule has 0 unspecified atom stereocenters. The van der Waals surface area contributed by atoms with Gasteiger partial charge in [-0.15, -0.1) is 0 Å². The van der Waals surface area contributed by atoms with Gasteiger partial charge < -0.3 is 14.4 Å². The number of hydrogen-bond donors (Lipinski definition) is 0. The quantitative estimate of drug-likeness (QED) is 0.795. The van der Waals surface area contributed by atoms with E-state index < -0.39 is 0 Å². The average molecular weight is 369 g/mol. The second kappa shape index (κ2) is 7.19. The molecule has 0 bridgehead atoms. The summed E-state index contributed by atoms with van der Waals surface area (Å²) in [5.74, 6) is 1.54. The number of benzene rings is 1. The number of thioether (sulfide) groups is 1. The SMILES string of the molecule is CCOc1ccc([C@@H]2[C@H](c3ccccn3)N=C3S[C@H](C)CN32)cc1OC. The summed E-state index contributed by atoms with van der Waals surface area (Å²) in [7, 11) is 1.68. The third-order valence-electron chi connectivity index (χ3n) is 4.71. The van der Waals surface area contributed by atoms with Gasteiger partial charge in [-0.05, 0) is 36.8 Å². The number of rotatable bonds is 5. The van der Waals surface area contributed by atoms with Crippen LogP contribution in [-0.4, -0.2) is 40.6 Å². The standard InChI is InChI=1S/C20H23N3O2S/c1-4-25-16-9-8-14(11-17(16)24-3)19-18(15-7-5-6-10-21-15)22-20-23(19)12-13(2)26-20/h5-11,13,18-19H,4,12H2,1-3H3/t13-,18+,19-/m1/s1. The average Bonchev–Trinajstić information content (AvgIpc) is 3.19. The highest BCUT2D eigenvalue weighted by Crippen LogP contribution is 2.48. The van der Waals surface area contributed by atoms with E-state index in [0.717, 1.165) is 28.9 Å². The fraction of sp³-hybridized carbons (Fsp3) is 0.400. The Hall–Kier alpha value is -2.21. The van der Waals surface area contributed by atoms with Crippen molar-refractivity contribution < 1.29 is 9.47 Å². The highest BCUT2D eigenvalue weighted by Gasteiger charge is 2.43. The summed E-state index contributed by atoms with van der Waals surface area (Å²) in [4.78, 5) is 12.0. The lowest BCUT2D eigenvalue weighted by Gasteiger charge is -2.28. The minimum atomic E-state index is -0.00569. The molecular formula is C20H23N3O2S. The second-order valence-corrected chi connectivity index (χ2v) is 7.89. The summed E-state index contributed by atoms with van der Waals surface area (Å²) in [6.45, 7) is 5.83. The van der Waals surface area contributed by atoms with Crippen LogP contribution < -0.4 is 9.47 Å². The third-order valence-corrected chi connectivity index (χ3v) is 5.81. The van der Waals surface area contributed by atoms with Crippen LogP contribution >= 0.6 is 11.8 Å². The van der Waals surface area contributed by atoms with Gasteiger partial charge in [0, 0.05) is 18.0 Å². The molecule has 2 aromatic rings. The van der Waals surface area contributed by atoms with Crippen molar-refractivity contribution in [2.45, 2.75) is 31.2 Å². The van der Waals surface area contributed by atoms with Crippen molar-refractivity contribution in [2.75, 3.05) is 20.3 Å². The van der Waals surface area contributed by atoms with Crippen LogP contribution in [0.2, 0.25) is 0 Å². The van der Waals surface area contributed by atoms with Crippen LogP contribution in [0.5, 0.6) is 11.5 Å². The van der Waals surface area contributed by atoms with Crippen LogP contribution in [0.4, 0.5) is 0 Å². The first kappa shape index (κ1) is 17.2. The zero-order valence-electron chi connectivity index (χ0n) is 15.3. The summed E-state index contributed by atoms with van der Waals surface area (Å²) in [6, 6.07) is 12.4. The van der Waals surface area contributed by atoms with Gasteiger partial charge in [0.15, 0.2) is 16.7 Å². The Morgan fingerprint density at radius 3 is 2.85 bits per heavy atom. The van der Waals surface area contributed by atoms with Gasteiger partial charge in [-0.3, -0.25) is 9.98 Å². The Morgan fingerprint density at radius 1 is 1.23 bits per heavy atom. The van der Waals surface area contributed by atoms with Crippen molar-refractivity contribution in [3.8, 4) is 11.5 Å². The number of methoxy groups -OCH3 is 1. The first-order chi connectivity index (χ1) is 12.7. The summed E-state index contributed by atoms with van der Waals surface area (Å²) in [5.41, 5.74) is 2.18. The Bertz CT molecular complexity index is 812. The van der Waals surface area contributed by atoms with E-state index in [0.29, 0.717) is 11.9 Å². The minimum absolute atomic E-state index is 0.00569. The Morgan fingerprint density at radius 2 is 2.12 bits per heavy atom. The molecule has 6 heteroatoms. The van der Waals surface area contributed by atoms with Crippen molar-refractivity contribution in [3.05, 3.63) is 53.9 Å². The Kier molecular flexibility index (Phi) is 4.76. The molecule has 3 atom stereocenters. The second-order valence-electron chi connectivity index (χ2n) is 6.48. The lowest BCUT2D eigenvalue weighted by molar-refractivity contribution is 0.304. The third kappa shape index (κ3) is 3.03. The maximum absolute atomic E-state index is 5.68. The predicted molar refractivity (Wildman–Crippen MR) is 105 cm³/mol. The zero-order valence-corrected chi connectivity index (χ0v) is 16.1. The van der Waals surface area contributed by atoms with Crippen molar-refractivity contribution in [2.24, 2.45) is 4.99 Å². The molecule has 0 N–H and O–H groups in total. The van der Waals surface area contributed by atoms with Gasteiger partial charge in [-0.2, -0.15) is 0 Å². The molecule has 0 saturated carbocycles. The largest absolute Gasteiger partial charge is 0.493 e. The number of amidine groups is 1. The van der Waals surface area contributed by atoms with E-state index >= 15 is 0 Å². The lowest BCUT2D eigenvalue weighted by atomic mass is 9.96. The van der Waals surface area contributed by atoms with Crippen LogP contribution in [0.25, 0.3) is 0 Å². The maximum Gasteiger partial charge on any atom is 0.161 e. The monoisotopic (exact) mass is 369 g/mol. The molecule has 0 spiro atoms. The molecule has 26 heavy (non-hydrogen) atoms. The number of nitrogens with zero attached hydrogens (tertiary/aromatic N) is 3. The lowest BCUT2D eigenvalue weighted by Crippen LogP contribution is -2.28. The van der Waals surface area contributed by atoms with Gasteiger partial charge in [-0.25, -0.2) is 0 Å². The van der Waals surface area contributed by atoms with E-state index in [-0.39, 0.29) is 12.1 Å². The number of hydrogen-bond acceptors (Lipinski definition) is 6. The van der Waals surface area contributed by atoms with Crippen LogP contribution in [-0.2, 0) is 0 Å². The molecule has 0 radical (unpaired) electrons. The Labute approximate surface area is 158 Å². The molecule has 1 fully saturated rings. The van der Waals surface area contributed by atoms with Gasteiger partial charge in [0.05, 0.1) is 25.5 Å². The molecule has 136 valence electrons. The summed E-state index contributed by atoms with van der Waals surface area (Å²) in [5, 5.41) is 1.66. The summed E-state index contributed by atoms with van der Waals surface area (Å²) >= 11 is 1.85. The molecule has 2 aliphatic heterocycles. The molecule has 0 aliphatic carbocycles. The van der Waals surface area contributed by atoms with Gasteiger partial charge in [0.1, 0.15) is 6.04 Å². The summed E-state index contributed by atoms with van der Waals surface area (Å²) in [6.07, 6.45) is 1.84. The van der Waals surface area contributed by atoms with E-state index in [9.17, 15) is 0 Å². The van der Waals surface area contributed by atoms with Crippen molar-refractivity contribution >= 4 is 16.9 Å². The number of fused-ring (bicyclic) bond motifs is 1. The minimum Gasteiger partial charge on any atom is -0.493 e. The molecule has 5 nitrogen and oxygen atoms in total. The van der Waals surface area contributed by atoms with E-state index in [1.807, 2.05) is 43.1 Å². The number of aromatic nitrogens is 1. The van der Waals surface area contributed by atoms with Crippen LogP contribution in [0.1, 0.15) is 37.2 Å². The molecule has 1 saturated heterocycles. The molecule has 0 amide bonds. The van der Waals surface area contributed by atoms with Gasteiger partial charge in [0.25, 0.3) is 0 Å². The van der Waals surface area contributed by atoms with Crippen molar-refractivity contribution in [1.82, 2.24) is 9.88 Å². The van der Waals surface area contributed by atoms with E-state index in [2.05, 4.69) is 35.0 Å². The highest BCUT2D eigenvalue weighted by atomic mass is 32.2. The number of ether oxygens (including phenoxy) is 2.